The third-order valence-corrected chi connectivity index (χ3v) is 4.43. The van der Waals surface area contributed by atoms with Gasteiger partial charge in [0.1, 0.15) is 0 Å². The molecule has 3 aromatic rings. The second kappa shape index (κ2) is 7.78. The molecule has 0 bridgehead atoms. The van der Waals surface area contributed by atoms with Crippen LogP contribution in [0.5, 0.6) is 0 Å². The Hall–Kier alpha value is -2.90. The van der Waals surface area contributed by atoms with E-state index < -0.39 is 5.97 Å². The topological polar surface area (TPSA) is 86.6 Å². The highest BCUT2D eigenvalue weighted by Crippen LogP contribution is 2.27. The molecular weight excluding hydrogens is 360 g/mol. The highest BCUT2D eigenvalue weighted by Gasteiger charge is 2.08. The summed E-state index contributed by atoms with van der Waals surface area (Å²) in [7, 11) is 0. The van der Waals surface area contributed by atoms with Crippen LogP contribution in [0.4, 0.5) is 16.5 Å². The predicted octanol–water partition coefficient (Wildman–Crippen LogP) is 4.68. The van der Waals surface area contributed by atoms with Gasteiger partial charge in [-0.25, -0.2) is 9.78 Å². The molecule has 0 unspecified atom stereocenters. The number of hydrogen-bond acceptors (Lipinski definition) is 6. The Kier molecular flexibility index (Phi) is 5.27. The average Bonchev–Trinajstić information content (AvgIpc) is 2.95. The Labute approximate surface area is 152 Å². The zero-order valence-electron chi connectivity index (χ0n) is 12.8. The van der Waals surface area contributed by atoms with Crippen LogP contribution in [0.25, 0.3) is 0 Å². The van der Waals surface area contributed by atoms with Crippen molar-refractivity contribution < 1.29 is 9.90 Å². The maximum Gasteiger partial charge on any atom is 0.335 e. The van der Waals surface area contributed by atoms with Crippen molar-refractivity contribution in [1.29, 1.82) is 0 Å². The van der Waals surface area contributed by atoms with Crippen molar-refractivity contribution in [2.24, 2.45) is 5.10 Å². The maximum absolute atomic E-state index is 10.9. The summed E-state index contributed by atoms with van der Waals surface area (Å²) in [5.41, 5.74) is 4.45. The first-order chi connectivity index (χ1) is 12.1. The Morgan fingerprint density at radius 2 is 1.92 bits per heavy atom. The van der Waals surface area contributed by atoms with Crippen LogP contribution in [0.15, 0.2) is 59.7 Å². The Bertz CT molecular complexity index is 912. The van der Waals surface area contributed by atoms with Gasteiger partial charge in [0.25, 0.3) is 0 Å². The molecule has 6 nitrogen and oxygen atoms in total. The lowest BCUT2D eigenvalue weighted by Gasteiger charge is -2.01. The second-order valence-electron chi connectivity index (χ2n) is 4.92. The molecule has 0 saturated heterocycles. The number of carboxylic acid groups (broad SMARTS) is 1. The number of aromatic nitrogens is 1. The average molecular weight is 373 g/mol. The summed E-state index contributed by atoms with van der Waals surface area (Å²) < 4.78 is 0. The van der Waals surface area contributed by atoms with Gasteiger partial charge in [0.05, 0.1) is 22.3 Å². The van der Waals surface area contributed by atoms with Gasteiger partial charge in [-0.1, -0.05) is 47.2 Å². The van der Waals surface area contributed by atoms with E-state index in [0.717, 1.165) is 5.69 Å². The molecule has 0 radical (unpaired) electrons. The molecule has 0 saturated carbocycles. The molecule has 8 heteroatoms. The number of nitrogens with zero attached hydrogens (tertiary/aromatic N) is 2. The zero-order valence-corrected chi connectivity index (χ0v) is 14.4. The van der Waals surface area contributed by atoms with E-state index in [0.29, 0.717) is 20.8 Å². The first-order valence-corrected chi connectivity index (χ1v) is 8.42. The summed E-state index contributed by atoms with van der Waals surface area (Å²) >= 11 is 7.48. The minimum atomic E-state index is -0.991. The molecule has 0 fully saturated rings. The number of anilines is 3. The first-order valence-electron chi connectivity index (χ1n) is 7.22. The van der Waals surface area contributed by atoms with Crippen molar-refractivity contribution in [2.75, 3.05) is 10.7 Å². The number of hydrazone groups is 1. The molecule has 0 atom stereocenters. The van der Waals surface area contributed by atoms with Crippen LogP contribution in [0.1, 0.15) is 15.2 Å². The number of aromatic carboxylic acids is 1. The van der Waals surface area contributed by atoms with E-state index in [2.05, 4.69) is 20.8 Å². The minimum absolute atomic E-state index is 0.186. The maximum atomic E-state index is 10.9. The number of nitrogens with one attached hydrogen (secondary N) is 2. The monoisotopic (exact) mass is 372 g/mol. The summed E-state index contributed by atoms with van der Waals surface area (Å²) in [5.74, 6) is -0.991. The SMILES string of the molecule is O=C(O)c1cccc(N/N=C/c2sc(Nc3ccccc3)nc2Cl)c1. The van der Waals surface area contributed by atoms with Gasteiger partial charge in [0, 0.05) is 5.69 Å². The molecule has 3 rings (SSSR count). The molecule has 126 valence electrons. The largest absolute Gasteiger partial charge is 0.478 e. The molecule has 1 aromatic heterocycles. The summed E-state index contributed by atoms with van der Waals surface area (Å²) in [6.07, 6.45) is 1.55. The standard InChI is InChI=1S/C17H13ClN4O2S/c18-15-14(25-17(21-15)20-12-6-2-1-3-7-12)10-19-22-13-8-4-5-11(9-13)16(23)24/h1-10,22H,(H,20,21)(H,23,24)/b19-10+. The van der Waals surface area contributed by atoms with E-state index >= 15 is 0 Å². The van der Waals surface area contributed by atoms with Gasteiger partial charge in [0.15, 0.2) is 10.3 Å². The number of para-hydroxylation sites is 1. The second-order valence-corrected chi connectivity index (χ2v) is 6.31. The number of rotatable bonds is 6. The molecule has 3 N–H and O–H groups in total. The van der Waals surface area contributed by atoms with Crippen molar-refractivity contribution in [1.82, 2.24) is 4.98 Å². The fourth-order valence-electron chi connectivity index (χ4n) is 1.98. The van der Waals surface area contributed by atoms with Crippen molar-refractivity contribution >= 4 is 51.6 Å². The van der Waals surface area contributed by atoms with Crippen LogP contribution < -0.4 is 10.7 Å². The van der Waals surface area contributed by atoms with E-state index in [4.69, 9.17) is 16.7 Å². The lowest BCUT2D eigenvalue weighted by Crippen LogP contribution is -1.97. The highest BCUT2D eigenvalue weighted by molar-refractivity contribution is 7.17. The zero-order chi connectivity index (χ0) is 17.6. The van der Waals surface area contributed by atoms with Crippen LogP contribution in [0.2, 0.25) is 5.15 Å². The normalized spacial score (nSPS) is 10.8. The summed E-state index contributed by atoms with van der Waals surface area (Å²) in [4.78, 5) is 15.9. The van der Waals surface area contributed by atoms with Gasteiger partial charge >= 0.3 is 5.97 Å². The van der Waals surface area contributed by atoms with Gasteiger partial charge in [-0.05, 0) is 30.3 Å². The number of thiazole rings is 1. The number of halogens is 1. The third-order valence-electron chi connectivity index (χ3n) is 3.12. The molecular formula is C17H13ClN4O2S. The first kappa shape index (κ1) is 16.9. The lowest BCUT2D eigenvalue weighted by atomic mass is 10.2. The van der Waals surface area contributed by atoms with E-state index in [1.165, 1.54) is 23.5 Å². The van der Waals surface area contributed by atoms with Crippen molar-refractivity contribution in [2.45, 2.75) is 0 Å². The number of carboxylic acids is 1. The van der Waals surface area contributed by atoms with Crippen LogP contribution in [0.3, 0.4) is 0 Å². The minimum Gasteiger partial charge on any atom is -0.478 e. The molecule has 0 aliphatic carbocycles. The smallest absolute Gasteiger partial charge is 0.335 e. The van der Waals surface area contributed by atoms with Crippen molar-refractivity contribution in [3.05, 3.63) is 70.2 Å². The lowest BCUT2D eigenvalue weighted by molar-refractivity contribution is 0.0697. The van der Waals surface area contributed by atoms with Crippen molar-refractivity contribution in [3.8, 4) is 0 Å². The molecule has 2 aromatic carbocycles. The fraction of sp³-hybridized carbons (Fsp3) is 0. The quantitative estimate of drug-likeness (QED) is 0.432. The fourth-order valence-corrected chi connectivity index (χ4v) is 3.03. The third kappa shape index (κ3) is 4.56. The van der Waals surface area contributed by atoms with Gasteiger partial charge < -0.3 is 10.4 Å². The van der Waals surface area contributed by atoms with Crippen LogP contribution in [0, 0.1) is 0 Å². The number of benzene rings is 2. The van der Waals surface area contributed by atoms with Gasteiger partial charge in [-0.2, -0.15) is 5.10 Å². The van der Waals surface area contributed by atoms with Gasteiger partial charge in [0.2, 0.25) is 0 Å². The van der Waals surface area contributed by atoms with Crippen LogP contribution >= 0.6 is 22.9 Å². The predicted molar refractivity (Wildman–Crippen MR) is 101 cm³/mol. The Morgan fingerprint density at radius 3 is 2.68 bits per heavy atom. The summed E-state index contributed by atoms with van der Waals surface area (Å²) in [5, 5.41) is 17.2. The Balaban J connectivity index is 1.67. The highest BCUT2D eigenvalue weighted by atomic mass is 35.5. The summed E-state index contributed by atoms with van der Waals surface area (Å²) in [6.45, 7) is 0. The van der Waals surface area contributed by atoms with E-state index in [9.17, 15) is 4.79 Å². The number of hydrogen-bond donors (Lipinski definition) is 3. The van der Waals surface area contributed by atoms with Crippen LogP contribution in [-0.4, -0.2) is 22.3 Å². The van der Waals surface area contributed by atoms with Crippen molar-refractivity contribution in [3.63, 3.8) is 0 Å². The van der Waals surface area contributed by atoms with Crippen LogP contribution in [-0.2, 0) is 0 Å². The summed E-state index contributed by atoms with van der Waals surface area (Å²) in [6, 6.07) is 16.0. The molecule has 0 amide bonds. The van der Waals surface area contributed by atoms with Gasteiger partial charge in [-0.15, -0.1) is 0 Å². The molecule has 1 heterocycles. The number of carbonyl (C=O) groups is 1. The Morgan fingerprint density at radius 1 is 1.16 bits per heavy atom. The molecule has 0 aliphatic heterocycles. The van der Waals surface area contributed by atoms with E-state index in [1.54, 1.807) is 18.3 Å². The van der Waals surface area contributed by atoms with E-state index in [1.807, 2.05) is 30.3 Å². The molecule has 25 heavy (non-hydrogen) atoms. The van der Waals surface area contributed by atoms with E-state index in [-0.39, 0.29) is 5.56 Å². The van der Waals surface area contributed by atoms with Gasteiger partial charge in [-0.3, -0.25) is 5.43 Å². The molecule has 0 aliphatic rings. The molecule has 0 spiro atoms.